The van der Waals surface area contributed by atoms with E-state index in [2.05, 4.69) is 11.4 Å². The van der Waals surface area contributed by atoms with Gasteiger partial charge in [-0.3, -0.25) is 4.79 Å². The molecule has 0 fully saturated rings. The molecule has 0 saturated carbocycles. The van der Waals surface area contributed by atoms with Crippen LogP contribution in [0, 0.1) is 0 Å². The quantitative estimate of drug-likeness (QED) is 0.565. The maximum absolute atomic E-state index is 9.99. The van der Waals surface area contributed by atoms with Crippen LogP contribution in [-0.2, 0) is 4.79 Å². The highest BCUT2D eigenvalue weighted by Gasteiger charge is 2.03. The first-order valence-corrected chi connectivity index (χ1v) is 3.37. The van der Waals surface area contributed by atoms with Crippen molar-refractivity contribution in [2.45, 2.75) is 19.4 Å². The fourth-order valence-corrected chi connectivity index (χ4v) is 0.938. The monoisotopic (exact) mass is 137 g/mol. The Morgan fingerprint density at radius 1 is 1.80 bits per heavy atom. The van der Waals surface area contributed by atoms with Crippen LogP contribution in [-0.4, -0.2) is 12.5 Å². The molecule has 2 heteroatoms. The number of hydrogen-bond acceptors (Lipinski definition) is 1. The molecule has 0 aromatic carbocycles. The second kappa shape index (κ2) is 3.20. The third-order valence-electron chi connectivity index (χ3n) is 1.57. The van der Waals surface area contributed by atoms with E-state index < -0.39 is 0 Å². The Hall–Kier alpha value is -1.05. The van der Waals surface area contributed by atoms with Crippen molar-refractivity contribution in [3.05, 3.63) is 23.8 Å². The van der Waals surface area contributed by atoms with Crippen molar-refractivity contribution in [2.24, 2.45) is 0 Å². The minimum Gasteiger partial charge on any atom is -0.352 e. The summed E-state index contributed by atoms with van der Waals surface area (Å²) >= 11 is 0. The van der Waals surface area contributed by atoms with Gasteiger partial charge < -0.3 is 5.32 Å². The SMILES string of the molecule is CC1=CCC(NC=O)C=C1. The molecule has 1 atom stereocenters. The summed E-state index contributed by atoms with van der Waals surface area (Å²) in [6.07, 6.45) is 7.79. The Kier molecular flexibility index (Phi) is 2.26. The third kappa shape index (κ3) is 1.72. The van der Waals surface area contributed by atoms with Gasteiger partial charge in [0.25, 0.3) is 0 Å². The average Bonchev–Trinajstić information content (AvgIpc) is 1.95. The van der Waals surface area contributed by atoms with Crippen LogP contribution < -0.4 is 5.32 Å². The summed E-state index contributed by atoms with van der Waals surface area (Å²) in [7, 11) is 0. The number of carbonyl (C=O) groups is 1. The maximum atomic E-state index is 9.99. The second-order valence-corrected chi connectivity index (χ2v) is 2.43. The van der Waals surface area contributed by atoms with Crippen LogP contribution in [0.25, 0.3) is 0 Å². The van der Waals surface area contributed by atoms with E-state index in [9.17, 15) is 4.79 Å². The topological polar surface area (TPSA) is 29.1 Å². The van der Waals surface area contributed by atoms with E-state index in [1.54, 1.807) is 0 Å². The number of amides is 1. The molecular formula is C8H11NO. The Bertz CT molecular complexity index is 182. The van der Waals surface area contributed by atoms with Crippen molar-refractivity contribution >= 4 is 6.41 Å². The molecular weight excluding hydrogens is 126 g/mol. The largest absolute Gasteiger partial charge is 0.352 e. The van der Waals surface area contributed by atoms with Crippen molar-refractivity contribution in [2.75, 3.05) is 0 Å². The van der Waals surface area contributed by atoms with Gasteiger partial charge in [-0.1, -0.05) is 23.8 Å². The van der Waals surface area contributed by atoms with E-state index in [-0.39, 0.29) is 6.04 Å². The summed E-state index contributed by atoms with van der Waals surface area (Å²) in [5.74, 6) is 0. The summed E-state index contributed by atoms with van der Waals surface area (Å²) in [6, 6.07) is 0.209. The molecule has 1 aliphatic carbocycles. The summed E-state index contributed by atoms with van der Waals surface area (Å²) in [5.41, 5.74) is 1.27. The highest BCUT2D eigenvalue weighted by atomic mass is 16.1. The molecule has 0 radical (unpaired) electrons. The Balaban J connectivity index is 2.44. The molecule has 2 nitrogen and oxygen atoms in total. The standard InChI is InChI=1S/C8H11NO/c1-7-2-4-8(5-3-7)9-6-10/h2-4,6,8H,5H2,1H3,(H,9,10). The Labute approximate surface area is 60.6 Å². The Morgan fingerprint density at radius 2 is 2.60 bits per heavy atom. The lowest BCUT2D eigenvalue weighted by Crippen LogP contribution is -2.25. The van der Waals surface area contributed by atoms with Gasteiger partial charge in [-0.25, -0.2) is 0 Å². The van der Waals surface area contributed by atoms with Crippen molar-refractivity contribution in [3.63, 3.8) is 0 Å². The molecule has 1 rings (SSSR count). The van der Waals surface area contributed by atoms with Crippen LogP contribution in [0.15, 0.2) is 23.8 Å². The molecule has 0 aromatic heterocycles. The lowest BCUT2D eigenvalue weighted by Gasteiger charge is -2.12. The zero-order valence-corrected chi connectivity index (χ0v) is 6.00. The smallest absolute Gasteiger partial charge is 0.207 e. The van der Waals surface area contributed by atoms with Gasteiger partial charge in [0.2, 0.25) is 6.41 Å². The zero-order valence-electron chi connectivity index (χ0n) is 6.00. The molecule has 1 N–H and O–H groups in total. The van der Waals surface area contributed by atoms with Gasteiger partial charge in [0.15, 0.2) is 0 Å². The predicted molar refractivity (Wildman–Crippen MR) is 40.5 cm³/mol. The van der Waals surface area contributed by atoms with E-state index >= 15 is 0 Å². The van der Waals surface area contributed by atoms with E-state index in [4.69, 9.17) is 0 Å². The van der Waals surface area contributed by atoms with Gasteiger partial charge in [0.1, 0.15) is 0 Å². The molecule has 0 bridgehead atoms. The first kappa shape index (κ1) is 7.06. The lowest BCUT2D eigenvalue weighted by molar-refractivity contribution is -0.109. The normalized spacial score (nSPS) is 23.7. The summed E-state index contributed by atoms with van der Waals surface area (Å²) in [4.78, 5) is 9.99. The minimum absolute atomic E-state index is 0.209. The molecule has 0 saturated heterocycles. The van der Waals surface area contributed by atoms with Crippen LogP contribution in [0.3, 0.4) is 0 Å². The molecule has 0 heterocycles. The van der Waals surface area contributed by atoms with Crippen LogP contribution >= 0.6 is 0 Å². The number of nitrogens with one attached hydrogen (secondary N) is 1. The van der Waals surface area contributed by atoms with E-state index in [1.807, 2.05) is 19.1 Å². The molecule has 54 valence electrons. The highest BCUT2D eigenvalue weighted by Crippen LogP contribution is 2.08. The maximum Gasteiger partial charge on any atom is 0.207 e. The molecule has 1 amide bonds. The van der Waals surface area contributed by atoms with Gasteiger partial charge in [-0.2, -0.15) is 0 Å². The first-order chi connectivity index (χ1) is 4.83. The first-order valence-electron chi connectivity index (χ1n) is 3.37. The average molecular weight is 137 g/mol. The molecule has 0 aromatic rings. The molecule has 1 aliphatic rings. The van der Waals surface area contributed by atoms with Crippen LogP contribution in [0.5, 0.6) is 0 Å². The molecule has 10 heavy (non-hydrogen) atoms. The van der Waals surface area contributed by atoms with Gasteiger partial charge in [0.05, 0.1) is 6.04 Å². The van der Waals surface area contributed by atoms with Crippen LogP contribution in [0.4, 0.5) is 0 Å². The lowest BCUT2D eigenvalue weighted by atomic mass is 10.0. The van der Waals surface area contributed by atoms with Crippen LogP contribution in [0.2, 0.25) is 0 Å². The predicted octanol–water partition coefficient (Wildman–Crippen LogP) is 1.01. The number of hydrogen-bond donors (Lipinski definition) is 1. The fourth-order valence-electron chi connectivity index (χ4n) is 0.938. The highest BCUT2D eigenvalue weighted by molar-refractivity contribution is 5.48. The van der Waals surface area contributed by atoms with E-state index in [0.717, 1.165) is 12.8 Å². The van der Waals surface area contributed by atoms with Crippen molar-refractivity contribution in [1.29, 1.82) is 0 Å². The van der Waals surface area contributed by atoms with Gasteiger partial charge >= 0.3 is 0 Å². The third-order valence-corrected chi connectivity index (χ3v) is 1.57. The molecule has 0 aliphatic heterocycles. The van der Waals surface area contributed by atoms with E-state index in [1.165, 1.54) is 5.57 Å². The number of allylic oxidation sites excluding steroid dienone is 2. The van der Waals surface area contributed by atoms with E-state index in [0.29, 0.717) is 0 Å². The van der Waals surface area contributed by atoms with Gasteiger partial charge in [-0.15, -0.1) is 0 Å². The van der Waals surface area contributed by atoms with Gasteiger partial charge in [-0.05, 0) is 13.3 Å². The number of rotatable bonds is 2. The summed E-state index contributed by atoms with van der Waals surface area (Å²) in [6.45, 7) is 2.05. The van der Waals surface area contributed by atoms with Gasteiger partial charge in [0, 0.05) is 0 Å². The minimum atomic E-state index is 0.209. The Morgan fingerprint density at radius 3 is 3.10 bits per heavy atom. The van der Waals surface area contributed by atoms with Crippen molar-refractivity contribution in [1.82, 2.24) is 5.32 Å². The van der Waals surface area contributed by atoms with Crippen molar-refractivity contribution < 1.29 is 4.79 Å². The molecule has 0 spiro atoms. The molecule has 1 unspecified atom stereocenters. The van der Waals surface area contributed by atoms with Crippen molar-refractivity contribution in [3.8, 4) is 0 Å². The second-order valence-electron chi connectivity index (χ2n) is 2.43. The summed E-state index contributed by atoms with van der Waals surface area (Å²) < 4.78 is 0. The fraction of sp³-hybridized carbons (Fsp3) is 0.375. The summed E-state index contributed by atoms with van der Waals surface area (Å²) in [5, 5.41) is 2.69. The number of carbonyl (C=O) groups excluding carboxylic acids is 1. The zero-order chi connectivity index (χ0) is 7.40. The van der Waals surface area contributed by atoms with Crippen LogP contribution in [0.1, 0.15) is 13.3 Å².